The van der Waals surface area contributed by atoms with Crippen molar-refractivity contribution in [2.75, 3.05) is 38.0 Å². The number of aromatic nitrogens is 3. The van der Waals surface area contributed by atoms with Crippen LogP contribution in [0.25, 0.3) is 5.69 Å². The zero-order chi connectivity index (χ0) is 25.2. The van der Waals surface area contributed by atoms with Gasteiger partial charge >= 0.3 is 0 Å². The van der Waals surface area contributed by atoms with Gasteiger partial charge in [0.2, 0.25) is 10.0 Å². The van der Waals surface area contributed by atoms with Gasteiger partial charge in [-0.15, -0.1) is 5.10 Å². The van der Waals surface area contributed by atoms with Crippen molar-refractivity contribution in [3.63, 3.8) is 0 Å². The van der Waals surface area contributed by atoms with Gasteiger partial charge in [-0.3, -0.25) is 14.9 Å². The number of benzene rings is 2. The number of hydrogen-bond acceptors (Lipinski definition) is 8. The largest absolute Gasteiger partial charge is 0.320 e. The first-order valence-electron chi connectivity index (χ1n) is 11.0. The molecule has 184 valence electrons. The number of nitrogens with one attached hydrogen (secondary N) is 1. The number of rotatable bonds is 7. The summed E-state index contributed by atoms with van der Waals surface area (Å²) in [6.45, 7) is 6.70. The highest BCUT2D eigenvalue weighted by Gasteiger charge is 2.28. The number of likely N-dealkylation sites (N-methyl/N-ethyl adjacent to an activating group) is 1. The fraction of sp³-hybridized carbons (Fsp3) is 0.318. The molecule has 1 saturated heterocycles. The summed E-state index contributed by atoms with van der Waals surface area (Å²) in [5.41, 5.74) is 0.964. The molecular formula is C22H25N7O5S. The number of nitro groups is 1. The van der Waals surface area contributed by atoms with Crippen LogP contribution < -0.4 is 5.32 Å². The van der Waals surface area contributed by atoms with E-state index in [1.807, 2.05) is 6.92 Å². The van der Waals surface area contributed by atoms with Crippen molar-refractivity contribution in [2.45, 2.75) is 18.7 Å². The summed E-state index contributed by atoms with van der Waals surface area (Å²) in [6.07, 6.45) is 0. The van der Waals surface area contributed by atoms with E-state index in [-0.39, 0.29) is 16.3 Å². The smallest absolute Gasteiger partial charge is 0.278 e. The van der Waals surface area contributed by atoms with Gasteiger partial charge in [0.05, 0.1) is 21.2 Å². The van der Waals surface area contributed by atoms with E-state index in [1.165, 1.54) is 39.3 Å². The summed E-state index contributed by atoms with van der Waals surface area (Å²) >= 11 is 0. The minimum absolute atomic E-state index is 0.0143. The Morgan fingerprint density at radius 2 is 1.83 bits per heavy atom. The molecule has 1 aromatic heterocycles. The lowest BCUT2D eigenvalue weighted by Gasteiger charge is -2.33. The number of piperazine rings is 1. The second-order valence-electron chi connectivity index (χ2n) is 8.03. The van der Waals surface area contributed by atoms with Gasteiger partial charge in [-0.1, -0.05) is 24.3 Å². The number of carbonyl (C=O) groups excluding carboxylic acids is 1. The molecule has 12 nitrogen and oxygen atoms in total. The molecule has 1 amide bonds. The predicted octanol–water partition coefficient (Wildman–Crippen LogP) is 2.06. The number of hydrogen-bond donors (Lipinski definition) is 1. The Kier molecular flexibility index (Phi) is 6.91. The Morgan fingerprint density at radius 1 is 1.11 bits per heavy atom. The van der Waals surface area contributed by atoms with Crippen LogP contribution in [-0.4, -0.2) is 76.2 Å². The lowest BCUT2D eigenvalue weighted by molar-refractivity contribution is -0.384. The fourth-order valence-electron chi connectivity index (χ4n) is 3.88. The molecule has 0 radical (unpaired) electrons. The monoisotopic (exact) mass is 499 g/mol. The van der Waals surface area contributed by atoms with E-state index in [2.05, 4.69) is 20.5 Å². The summed E-state index contributed by atoms with van der Waals surface area (Å²) < 4.78 is 29.0. The highest BCUT2D eigenvalue weighted by Crippen LogP contribution is 2.22. The number of nitro benzene ring substituents is 1. The number of nitrogens with zero attached hydrogens (tertiary/aromatic N) is 6. The van der Waals surface area contributed by atoms with Crippen molar-refractivity contribution in [1.29, 1.82) is 0 Å². The zero-order valence-electron chi connectivity index (χ0n) is 19.3. The molecule has 0 unspecified atom stereocenters. The Balaban J connectivity index is 1.52. The number of anilines is 1. The van der Waals surface area contributed by atoms with Gasteiger partial charge in [-0.2, -0.15) is 4.31 Å². The molecule has 1 aliphatic rings. The van der Waals surface area contributed by atoms with Crippen LogP contribution in [0.2, 0.25) is 0 Å². The average molecular weight is 500 g/mol. The number of amides is 1. The summed E-state index contributed by atoms with van der Waals surface area (Å²) in [6, 6.07) is 11.9. The van der Waals surface area contributed by atoms with Crippen LogP contribution in [0, 0.1) is 17.0 Å². The third-order valence-corrected chi connectivity index (χ3v) is 7.80. The molecule has 3 aromatic rings. The van der Waals surface area contributed by atoms with E-state index >= 15 is 0 Å². The fourth-order valence-corrected chi connectivity index (χ4v) is 5.35. The van der Waals surface area contributed by atoms with Gasteiger partial charge in [0.1, 0.15) is 0 Å². The molecule has 1 N–H and O–H groups in total. The minimum Gasteiger partial charge on any atom is -0.320 e. The van der Waals surface area contributed by atoms with Crippen molar-refractivity contribution in [2.24, 2.45) is 0 Å². The van der Waals surface area contributed by atoms with Crippen LogP contribution in [0.1, 0.15) is 23.1 Å². The Bertz CT molecular complexity index is 1360. The number of non-ortho nitro benzene ring substituents is 1. The maximum atomic E-state index is 13.1. The second-order valence-corrected chi connectivity index (χ2v) is 9.97. The number of sulfonamides is 1. The second kappa shape index (κ2) is 9.90. The lowest BCUT2D eigenvalue weighted by atomic mass is 10.2. The molecule has 0 bridgehead atoms. The zero-order valence-corrected chi connectivity index (χ0v) is 20.1. The van der Waals surface area contributed by atoms with Crippen LogP contribution in [0.4, 0.5) is 11.4 Å². The molecule has 0 saturated carbocycles. The number of carbonyl (C=O) groups is 1. The molecule has 0 spiro atoms. The van der Waals surface area contributed by atoms with Gasteiger partial charge < -0.3 is 10.2 Å². The highest BCUT2D eigenvalue weighted by atomic mass is 32.2. The molecule has 0 aliphatic carbocycles. The van der Waals surface area contributed by atoms with E-state index in [0.29, 0.717) is 43.2 Å². The van der Waals surface area contributed by atoms with Crippen molar-refractivity contribution in [1.82, 2.24) is 24.2 Å². The van der Waals surface area contributed by atoms with E-state index < -0.39 is 20.9 Å². The predicted molar refractivity (Wildman–Crippen MR) is 128 cm³/mol. The van der Waals surface area contributed by atoms with Crippen molar-refractivity contribution in [3.05, 3.63) is 70.0 Å². The molecular weight excluding hydrogens is 474 g/mol. The van der Waals surface area contributed by atoms with E-state index in [1.54, 1.807) is 25.1 Å². The molecule has 2 heterocycles. The maximum Gasteiger partial charge on any atom is 0.278 e. The van der Waals surface area contributed by atoms with Crippen LogP contribution in [0.5, 0.6) is 0 Å². The van der Waals surface area contributed by atoms with Gasteiger partial charge in [-0.05, 0) is 37.7 Å². The lowest BCUT2D eigenvalue weighted by Crippen LogP contribution is -2.48. The summed E-state index contributed by atoms with van der Waals surface area (Å²) in [5.74, 6) is -0.578. The van der Waals surface area contributed by atoms with E-state index in [0.717, 1.165) is 6.54 Å². The van der Waals surface area contributed by atoms with Crippen LogP contribution >= 0.6 is 0 Å². The van der Waals surface area contributed by atoms with E-state index in [9.17, 15) is 23.3 Å². The molecule has 4 rings (SSSR count). The third kappa shape index (κ3) is 5.06. The van der Waals surface area contributed by atoms with Gasteiger partial charge in [0, 0.05) is 44.0 Å². The maximum absolute atomic E-state index is 13.1. The molecule has 1 fully saturated rings. The van der Waals surface area contributed by atoms with E-state index in [4.69, 9.17) is 0 Å². The Hall–Kier alpha value is -3.68. The average Bonchev–Trinajstić information content (AvgIpc) is 3.25. The SMILES string of the molecule is CCN1CCN(S(=O)(=O)c2cccc(NC(=O)c3nnn(-c4cccc([N+](=O)[O-])c4)c3C)c2)CC1. The van der Waals surface area contributed by atoms with Gasteiger partial charge in [0.25, 0.3) is 11.6 Å². The van der Waals surface area contributed by atoms with Gasteiger partial charge in [-0.25, -0.2) is 13.1 Å². The molecule has 0 atom stereocenters. The van der Waals surface area contributed by atoms with Crippen molar-refractivity contribution < 1.29 is 18.1 Å². The minimum atomic E-state index is -3.70. The standard InChI is InChI=1S/C22H25N7O5S/c1-3-26-10-12-27(13-11-26)35(33,34)20-9-4-6-17(14-20)23-22(30)21-16(2)28(25-24-21)18-7-5-8-19(15-18)29(31)32/h4-9,14-15H,3,10-13H2,1-2H3,(H,23,30). The first kappa shape index (κ1) is 24.4. The third-order valence-electron chi connectivity index (χ3n) is 5.90. The van der Waals surface area contributed by atoms with Crippen LogP contribution in [0.3, 0.4) is 0 Å². The summed E-state index contributed by atoms with van der Waals surface area (Å²) in [4.78, 5) is 25.7. The quantitative estimate of drug-likeness (QED) is 0.384. The van der Waals surface area contributed by atoms with Crippen molar-refractivity contribution >= 4 is 27.3 Å². The summed E-state index contributed by atoms with van der Waals surface area (Å²) in [7, 11) is -3.70. The molecule has 1 aliphatic heterocycles. The van der Waals surface area contributed by atoms with Crippen LogP contribution in [-0.2, 0) is 10.0 Å². The molecule has 35 heavy (non-hydrogen) atoms. The first-order valence-corrected chi connectivity index (χ1v) is 12.5. The normalized spacial score (nSPS) is 15.1. The van der Waals surface area contributed by atoms with Crippen molar-refractivity contribution in [3.8, 4) is 5.69 Å². The first-order chi connectivity index (χ1) is 16.7. The molecule has 13 heteroatoms. The highest BCUT2D eigenvalue weighted by molar-refractivity contribution is 7.89. The topological polar surface area (TPSA) is 144 Å². The Morgan fingerprint density at radius 3 is 2.51 bits per heavy atom. The van der Waals surface area contributed by atoms with Crippen LogP contribution in [0.15, 0.2) is 53.4 Å². The summed E-state index contributed by atoms with van der Waals surface area (Å²) in [5, 5.41) is 21.6. The van der Waals surface area contributed by atoms with Gasteiger partial charge in [0.15, 0.2) is 5.69 Å². The molecule has 2 aromatic carbocycles. The Labute approximate surface area is 202 Å².